The van der Waals surface area contributed by atoms with E-state index >= 15 is 0 Å². The fourth-order valence-corrected chi connectivity index (χ4v) is 8.21. The first-order valence-electron chi connectivity index (χ1n) is 14.7. The SMILES string of the molecule is CC(C)(C)Cc1c(SC(C)(C)C)[nH]c2c(N3CCC(CCNC(=O)CCSSc4ccccn4)CC3)c(O)ccc12. The molecule has 0 saturated carbocycles. The number of pyridine rings is 1. The van der Waals surface area contributed by atoms with Crippen LogP contribution in [-0.2, 0) is 11.2 Å². The monoisotopic (exact) mass is 614 g/mol. The second-order valence-electron chi connectivity index (χ2n) is 13.1. The molecule has 0 unspecified atom stereocenters. The molecule has 0 spiro atoms. The van der Waals surface area contributed by atoms with Crippen LogP contribution in [0.5, 0.6) is 5.75 Å². The average molecular weight is 615 g/mol. The maximum atomic E-state index is 12.3. The van der Waals surface area contributed by atoms with Crippen LogP contribution < -0.4 is 10.2 Å². The molecule has 1 aliphatic heterocycles. The number of phenolic OH excluding ortho intramolecular Hbond substituents is 1. The Hall–Kier alpha value is -1.97. The van der Waals surface area contributed by atoms with E-state index < -0.39 is 0 Å². The lowest BCUT2D eigenvalue weighted by atomic mass is 9.88. The van der Waals surface area contributed by atoms with Crippen molar-refractivity contribution >= 4 is 55.8 Å². The maximum Gasteiger partial charge on any atom is 0.220 e. The summed E-state index contributed by atoms with van der Waals surface area (Å²) in [5, 5.41) is 17.5. The highest BCUT2D eigenvalue weighted by molar-refractivity contribution is 8.76. The molecule has 0 atom stereocenters. The number of benzene rings is 1. The van der Waals surface area contributed by atoms with Gasteiger partial charge < -0.3 is 20.3 Å². The largest absolute Gasteiger partial charge is 0.506 e. The van der Waals surface area contributed by atoms with E-state index in [1.54, 1.807) is 27.8 Å². The van der Waals surface area contributed by atoms with Crippen LogP contribution in [-0.4, -0.2) is 51.1 Å². The topological polar surface area (TPSA) is 81.2 Å². The predicted molar refractivity (Wildman–Crippen MR) is 178 cm³/mol. The molecule has 4 rings (SSSR count). The van der Waals surface area contributed by atoms with Crippen LogP contribution in [0, 0.1) is 11.3 Å². The second kappa shape index (κ2) is 14.0. The summed E-state index contributed by atoms with van der Waals surface area (Å²) in [7, 11) is 3.28. The van der Waals surface area contributed by atoms with Gasteiger partial charge in [-0.05, 0) is 77.6 Å². The number of nitrogens with zero attached hydrogens (tertiary/aromatic N) is 2. The van der Waals surface area contributed by atoms with Crippen molar-refractivity contribution in [2.45, 2.75) is 88.4 Å². The summed E-state index contributed by atoms with van der Waals surface area (Å²) in [6.45, 7) is 16.1. The summed E-state index contributed by atoms with van der Waals surface area (Å²) < 4.78 is 0.0842. The van der Waals surface area contributed by atoms with Gasteiger partial charge in [-0.2, -0.15) is 0 Å². The van der Waals surface area contributed by atoms with E-state index in [0.717, 1.165) is 67.3 Å². The lowest BCUT2D eigenvalue weighted by Gasteiger charge is -2.34. The molecule has 1 aromatic carbocycles. The Morgan fingerprint density at radius 1 is 1.12 bits per heavy atom. The van der Waals surface area contributed by atoms with Gasteiger partial charge in [-0.15, -0.1) is 11.8 Å². The van der Waals surface area contributed by atoms with Crippen molar-refractivity contribution in [3.05, 3.63) is 42.1 Å². The molecule has 1 amide bonds. The van der Waals surface area contributed by atoms with E-state index in [2.05, 4.69) is 67.8 Å². The van der Waals surface area contributed by atoms with E-state index in [-0.39, 0.29) is 16.1 Å². The molecular weight excluding hydrogens is 569 g/mol. The molecule has 9 heteroatoms. The maximum absolute atomic E-state index is 12.3. The fourth-order valence-electron chi connectivity index (χ4n) is 5.27. The lowest BCUT2D eigenvalue weighted by Crippen LogP contribution is -2.35. The zero-order valence-corrected chi connectivity index (χ0v) is 27.8. The van der Waals surface area contributed by atoms with Crippen molar-refractivity contribution in [1.29, 1.82) is 0 Å². The number of nitrogens with one attached hydrogen (secondary N) is 2. The Labute approximate surface area is 258 Å². The smallest absolute Gasteiger partial charge is 0.220 e. The minimum absolute atomic E-state index is 0.0842. The highest BCUT2D eigenvalue weighted by atomic mass is 33.1. The van der Waals surface area contributed by atoms with Crippen molar-refractivity contribution in [1.82, 2.24) is 15.3 Å². The number of anilines is 1. The molecular formula is C32H46N4O2S3. The number of carbonyl (C=O) groups excluding carboxylic acids is 1. The zero-order valence-electron chi connectivity index (χ0n) is 25.4. The highest BCUT2D eigenvalue weighted by Crippen LogP contribution is 2.45. The average Bonchev–Trinajstić information content (AvgIpc) is 3.21. The van der Waals surface area contributed by atoms with Crippen molar-refractivity contribution < 1.29 is 9.90 Å². The van der Waals surface area contributed by atoms with E-state index in [9.17, 15) is 9.90 Å². The minimum atomic E-state index is 0.0842. The normalized spacial score (nSPS) is 15.0. The van der Waals surface area contributed by atoms with Crippen LogP contribution in [0.1, 0.15) is 72.8 Å². The number of H-pyrrole nitrogens is 1. The molecule has 3 heterocycles. The minimum Gasteiger partial charge on any atom is -0.506 e. The molecule has 0 aliphatic carbocycles. The van der Waals surface area contributed by atoms with Crippen molar-refractivity contribution in [2.24, 2.45) is 11.3 Å². The molecule has 1 aliphatic rings. The molecule has 224 valence electrons. The van der Waals surface area contributed by atoms with Gasteiger partial charge in [0.15, 0.2) is 0 Å². The van der Waals surface area contributed by atoms with Crippen LogP contribution in [0.3, 0.4) is 0 Å². The molecule has 1 fully saturated rings. The first kappa shape index (κ1) is 32.0. The summed E-state index contributed by atoms with van der Waals surface area (Å²) >= 11 is 1.88. The van der Waals surface area contributed by atoms with Gasteiger partial charge in [0.25, 0.3) is 0 Å². The number of phenols is 1. The summed E-state index contributed by atoms with van der Waals surface area (Å²) in [4.78, 5) is 22.7. The summed E-state index contributed by atoms with van der Waals surface area (Å²) in [5.74, 6) is 1.81. The summed E-state index contributed by atoms with van der Waals surface area (Å²) in [5.41, 5.74) is 3.51. The number of amides is 1. The van der Waals surface area contributed by atoms with E-state index in [0.29, 0.717) is 18.1 Å². The zero-order chi connectivity index (χ0) is 29.6. The van der Waals surface area contributed by atoms with Crippen molar-refractivity contribution in [3.8, 4) is 5.75 Å². The van der Waals surface area contributed by atoms with E-state index in [4.69, 9.17) is 0 Å². The number of piperidine rings is 1. The number of rotatable bonds is 11. The van der Waals surface area contributed by atoms with Gasteiger partial charge >= 0.3 is 0 Å². The standard InChI is InChI=1S/C32H46N4O2S3/c1-31(2,3)21-24-23-10-11-25(37)29(28(23)35-30(24)40-32(4,5)6)36-18-13-22(14-19-36)12-17-33-26(38)15-20-39-41-27-9-7-8-16-34-27/h7-11,16,22,35,37H,12-15,17-21H2,1-6H3,(H,33,38). The number of hydrogen-bond donors (Lipinski definition) is 3. The van der Waals surface area contributed by atoms with Crippen LogP contribution >= 0.6 is 33.3 Å². The quantitative estimate of drug-likeness (QED) is 0.114. The molecule has 3 N–H and O–H groups in total. The lowest BCUT2D eigenvalue weighted by molar-refractivity contribution is -0.120. The van der Waals surface area contributed by atoms with Crippen molar-refractivity contribution in [2.75, 3.05) is 30.3 Å². The first-order valence-corrected chi connectivity index (χ1v) is 17.8. The van der Waals surface area contributed by atoms with Crippen LogP contribution in [0.15, 0.2) is 46.6 Å². The number of aromatic hydroxyl groups is 1. The molecule has 0 radical (unpaired) electrons. The van der Waals surface area contributed by atoms with Crippen LogP contribution in [0.4, 0.5) is 5.69 Å². The van der Waals surface area contributed by atoms with Gasteiger partial charge in [0.2, 0.25) is 5.91 Å². The Balaban J connectivity index is 1.31. The van der Waals surface area contributed by atoms with E-state index in [1.807, 2.05) is 36.0 Å². The van der Waals surface area contributed by atoms with Gasteiger partial charge in [0, 0.05) is 48.1 Å². The summed E-state index contributed by atoms with van der Waals surface area (Å²) in [6, 6.07) is 9.83. The third-order valence-electron chi connectivity index (χ3n) is 7.11. The fraction of sp³-hybridized carbons (Fsp3) is 0.562. The summed E-state index contributed by atoms with van der Waals surface area (Å²) in [6.07, 6.45) is 6.40. The second-order valence-corrected chi connectivity index (χ2v) is 17.4. The Kier molecular flexibility index (Phi) is 10.9. The molecule has 3 aromatic rings. The number of aromatic amines is 1. The number of hydrogen-bond acceptors (Lipinski definition) is 7. The number of aromatic nitrogens is 2. The third kappa shape index (κ3) is 9.52. The third-order valence-corrected chi connectivity index (χ3v) is 10.5. The molecule has 2 aromatic heterocycles. The van der Waals surface area contributed by atoms with Gasteiger partial charge in [-0.1, -0.05) is 58.4 Å². The Bertz CT molecular complexity index is 1290. The number of carbonyl (C=O) groups is 1. The van der Waals surface area contributed by atoms with Gasteiger partial charge in [-0.25, -0.2) is 4.98 Å². The molecule has 1 saturated heterocycles. The highest BCUT2D eigenvalue weighted by Gasteiger charge is 2.28. The number of thioether (sulfide) groups is 1. The molecule has 6 nitrogen and oxygen atoms in total. The van der Waals surface area contributed by atoms with Gasteiger partial charge in [0.05, 0.1) is 10.5 Å². The Morgan fingerprint density at radius 2 is 1.88 bits per heavy atom. The van der Waals surface area contributed by atoms with Crippen LogP contribution in [0.2, 0.25) is 0 Å². The van der Waals surface area contributed by atoms with Gasteiger partial charge in [-0.3, -0.25) is 4.79 Å². The molecule has 0 bridgehead atoms. The van der Waals surface area contributed by atoms with E-state index in [1.165, 1.54) is 16.0 Å². The molecule has 41 heavy (non-hydrogen) atoms. The van der Waals surface area contributed by atoms with Crippen molar-refractivity contribution in [3.63, 3.8) is 0 Å². The Morgan fingerprint density at radius 3 is 2.54 bits per heavy atom. The number of fused-ring (bicyclic) bond motifs is 1. The van der Waals surface area contributed by atoms with Gasteiger partial charge in [0.1, 0.15) is 16.5 Å². The first-order chi connectivity index (χ1) is 19.4. The predicted octanol–water partition coefficient (Wildman–Crippen LogP) is 8.30. The van der Waals surface area contributed by atoms with Crippen LogP contribution in [0.25, 0.3) is 10.9 Å².